The molecule has 82 valence electrons. The first-order chi connectivity index (χ1) is 7.38. The van der Waals surface area contributed by atoms with Crippen LogP contribution in [0.25, 0.3) is 5.76 Å². The second kappa shape index (κ2) is 6.93. The average Bonchev–Trinajstić information content (AvgIpc) is 2.29. The molecule has 0 radical (unpaired) electrons. The predicted octanol–water partition coefficient (Wildman–Crippen LogP) is 3.45. The summed E-state index contributed by atoms with van der Waals surface area (Å²) < 4.78 is 10.6. The maximum absolute atomic E-state index is 5.65. The van der Waals surface area contributed by atoms with Gasteiger partial charge >= 0.3 is 0 Å². The van der Waals surface area contributed by atoms with Gasteiger partial charge in [-0.05, 0) is 6.42 Å². The summed E-state index contributed by atoms with van der Waals surface area (Å²) in [6.45, 7) is 2.88. The van der Waals surface area contributed by atoms with Crippen LogP contribution in [0.15, 0.2) is 36.6 Å². The minimum Gasteiger partial charge on any atom is -0.500 e. The molecule has 0 fully saturated rings. The normalized spacial score (nSPS) is 11.2. The maximum Gasteiger partial charge on any atom is 0.160 e. The molecule has 0 heterocycles. The third-order valence-corrected chi connectivity index (χ3v) is 2.04. The molecule has 0 aromatic heterocycles. The highest BCUT2D eigenvalue weighted by atomic mass is 16.5. The van der Waals surface area contributed by atoms with E-state index in [-0.39, 0.29) is 0 Å². The molecule has 0 bridgehead atoms. The first-order valence-electron chi connectivity index (χ1n) is 5.29. The van der Waals surface area contributed by atoms with Crippen LogP contribution in [0.4, 0.5) is 0 Å². The molecular formula is C13H18O2. The largest absolute Gasteiger partial charge is 0.500 e. The Hall–Kier alpha value is -1.44. The van der Waals surface area contributed by atoms with E-state index >= 15 is 0 Å². The molecule has 0 amide bonds. The Morgan fingerprint density at radius 3 is 2.60 bits per heavy atom. The summed E-state index contributed by atoms with van der Waals surface area (Å²) in [5, 5.41) is 0. The highest BCUT2D eigenvalue weighted by molar-refractivity contribution is 5.58. The van der Waals surface area contributed by atoms with Crippen LogP contribution in [-0.4, -0.2) is 13.7 Å². The summed E-state index contributed by atoms with van der Waals surface area (Å²) >= 11 is 0. The lowest BCUT2D eigenvalue weighted by molar-refractivity contribution is 0.250. The Morgan fingerprint density at radius 1 is 1.27 bits per heavy atom. The third kappa shape index (κ3) is 4.07. The standard InChI is InChI=1S/C13H18O2/c1-3-4-10-15-13(11-14-2)12-8-6-5-7-9-12/h5-9,11H,3-4,10H2,1-2H3. The molecule has 1 rings (SSSR count). The van der Waals surface area contributed by atoms with Crippen LogP contribution in [-0.2, 0) is 9.47 Å². The van der Waals surface area contributed by atoms with Gasteiger partial charge < -0.3 is 9.47 Å². The molecule has 15 heavy (non-hydrogen) atoms. The van der Waals surface area contributed by atoms with E-state index in [2.05, 4.69) is 6.92 Å². The summed E-state index contributed by atoms with van der Waals surface area (Å²) in [6, 6.07) is 9.98. The topological polar surface area (TPSA) is 18.5 Å². The summed E-state index contributed by atoms with van der Waals surface area (Å²) in [5.74, 6) is 0.798. The van der Waals surface area contributed by atoms with Crippen molar-refractivity contribution in [2.75, 3.05) is 13.7 Å². The zero-order chi connectivity index (χ0) is 10.9. The molecule has 0 unspecified atom stereocenters. The second-order valence-corrected chi connectivity index (χ2v) is 3.29. The smallest absolute Gasteiger partial charge is 0.160 e. The van der Waals surface area contributed by atoms with Crippen molar-refractivity contribution in [2.24, 2.45) is 0 Å². The van der Waals surface area contributed by atoms with Crippen molar-refractivity contribution in [3.8, 4) is 0 Å². The Labute approximate surface area is 91.5 Å². The van der Waals surface area contributed by atoms with E-state index in [0.29, 0.717) is 0 Å². The van der Waals surface area contributed by atoms with E-state index in [1.165, 1.54) is 0 Å². The Kier molecular flexibility index (Phi) is 5.38. The minimum absolute atomic E-state index is 0.737. The van der Waals surface area contributed by atoms with E-state index < -0.39 is 0 Å². The fraction of sp³-hybridized carbons (Fsp3) is 0.385. The number of hydrogen-bond acceptors (Lipinski definition) is 2. The Bertz CT molecular complexity index is 291. The van der Waals surface area contributed by atoms with Crippen LogP contribution in [0.3, 0.4) is 0 Å². The summed E-state index contributed by atoms with van der Waals surface area (Å²) in [6.07, 6.45) is 3.84. The van der Waals surface area contributed by atoms with Gasteiger partial charge in [0, 0.05) is 5.56 Å². The van der Waals surface area contributed by atoms with Crippen molar-refractivity contribution in [2.45, 2.75) is 19.8 Å². The molecule has 2 heteroatoms. The lowest BCUT2D eigenvalue weighted by atomic mass is 10.2. The predicted molar refractivity (Wildman–Crippen MR) is 62.3 cm³/mol. The van der Waals surface area contributed by atoms with Crippen molar-refractivity contribution < 1.29 is 9.47 Å². The van der Waals surface area contributed by atoms with Crippen molar-refractivity contribution in [1.82, 2.24) is 0 Å². The molecule has 0 N–H and O–H groups in total. The molecule has 1 aromatic rings. The monoisotopic (exact) mass is 206 g/mol. The Morgan fingerprint density at radius 2 is 2.00 bits per heavy atom. The molecule has 1 aromatic carbocycles. The van der Waals surface area contributed by atoms with Gasteiger partial charge in [0.1, 0.15) is 6.26 Å². The van der Waals surface area contributed by atoms with Crippen LogP contribution in [0.2, 0.25) is 0 Å². The zero-order valence-electron chi connectivity index (χ0n) is 9.40. The number of hydrogen-bond donors (Lipinski definition) is 0. The SMILES string of the molecule is CCCCOC(=COC)c1ccccc1. The maximum atomic E-state index is 5.65. The van der Waals surface area contributed by atoms with Crippen molar-refractivity contribution >= 4 is 5.76 Å². The number of ether oxygens (including phenoxy) is 2. The van der Waals surface area contributed by atoms with E-state index in [9.17, 15) is 0 Å². The van der Waals surface area contributed by atoms with E-state index in [4.69, 9.17) is 9.47 Å². The molecule has 0 saturated carbocycles. The van der Waals surface area contributed by atoms with Gasteiger partial charge in [-0.15, -0.1) is 0 Å². The molecular weight excluding hydrogens is 188 g/mol. The van der Waals surface area contributed by atoms with Gasteiger partial charge in [-0.3, -0.25) is 0 Å². The number of benzene rings is 1. The van der Waals surface area contributed by atoms with Gasteiger partial charge in [0.25, 0.3) is 0 Å². The molecule has 2 nitrogen and oxygen atoms in total. The summed E-state index contributed by atoms with van der Waals surface area (Å²) in [4.78, 5) is 0. The summed E-state index contributed by atoms with van der Waals surface area (Å²) in [5.41, 5.74) is 1.05. The number of rotatable bonds is 6. The zero-order valence-corrected chi connectivity index (χ0v) is 9.40. The van der Waals surface area contributed by atoms with Crippen LogP contribution in [0.1, 0.15) is 25.3 Å². The quantitative estimate of drug-likeness (QED) is 0.524. The van der Waals surface area contributed by atoms with E-state index in [1.54, 1.807) is 13.4 Å². The van der Waals surface area contributed by atoms with Gasteiger partial charge in [0.05, 0.1) is 13.7 Å². The highest BCUT2D eigenvalue weighted by Crippen LogP contribution is 2.15. The van der Waals surface area contributed by atoms with Gasteiger partial charge in [-0.2, -0.15) is 0 Å². The second-order valence-electron chi connectivity index (χ2n) is 3.29. The van der Waals surface area contributed by atoms with Crippen LogP contribution >= 0.6 is 0 Å². The molecule has 0 saturated heterocycles. The number of unbranched alkanes of at least 4 members (excludes halogenated alkanes) is 1. The average molecular weight is 206 g/mol. The molecule has 0 aliphatic carbocycles. The van der Waals surface area contributed by atoms with Crippen LogP contribution in [0, 0.1) is 0 Å². The third-order valence-electron chi connectivity index (χ3n) is 2.04. The molecule has 0 atom stereocenters. The fourth-order valence-electron chi connectivity index (χ4n) is 1.22. The number of methoxy groups -OCH3 is 1. The van der Waals surface area contributed by atoms with E-state index in [1.807, 2.05) is 30.3 Å². The van der Waals surface area contributed by atoms with Crippen molar-refractivity contribution in [3.05, 3.63) is 42.2 Å². The van der Waals surface area contributed by atoms with Crippen LogP contribution in [0.5, 0.6) is 0 Å². The van der Waals surface area contributed by atoms with E-state index in [0.717, 1.165) is 30.8 Å². The first kappa shape index (κ1) is 11.6. The van der Waals surface area contributed by atoms with Gasteiger partial charge in [-0.25, -0.2) is 0 Å². The van der Waals surface area contributed by atoms with Gasteiger partial charge in [0.15, 0.2) is 5.76 Å². The van der Waals surface area contributed by atoms with Crippen LogP contribution < -0.4 is 0 Å². The lowest BCUT2D eigenvalue weighted by Gasteiger charge is -2.09. The van der Waals surface area contributed by atoms with Gasteiger partial charge in [-0.1, -0.05) is 43.7 Å². The summed E-state index contributed by atoms with van der Waals surface area (Å²) in [7, 11) is 1.63. The van der Waals surface area contributed by atoms with Crippen molar-refractivity contribution in [1.29, 1.82) is 0 Å². The van der Waals surface area contributed by atoms with Gasteiger partial charge in [0.2, 0.25) is 0 Å². The minimum atomic E-state index is 0.737. The molecule has 0 spiro atoms. The van der Waals surface area contributed by atoms with Crippen molar-refractivity contribution in [3.63, 3.8) is 0 Å². The lowest BCUT2D eigenvalue weighted by Crippen LogP contribution is -1.95. The Balaban J connectivity index is 2.63. The fourth-order valence-corrected chi connectivity index (χ4v) is 1.22. The molecule has 0 aliphatic rings. The first-order valence-corrected chi connectivity index (χ1v) is 5.29. The molecule has 0 aliphatic heterocycles. The highest BCUT2D eigenvalue weighted by Gasteiger charge is 2.01.